The van der Waals surface area contributed by atoms with Crippen molar-refractivity contribution in [2.75, 3.05) is 75.0 Å². The van der Waals surface area contributed by atoms with Gasteiger partial charge in [-0.3, -0.25) is 9.59 Å². The van der Waals surface area contributed by atoms with E-state index in [1.165, 1.54) is 50.8 Å². The number of nitrogens with one attached hydrogen (secondary N) is 6. The van der Waals surface area contributed by atoms with Crippen LogP contribution >= 0.6 is 22.7 Å². The van der Waals surface area contributed by atoms with Gasteiger partial charge in [0.25, 0.3) is 11.4 Å². The fourth-order valence-electron chi connectivity index (χ4n) is 10.7. The first kappa shape index (κ1) is 77.5. The van der Waals surface area contributed by atoms with Gasteiger partial charge in [0.15, 0.2) is 34.6 Å². The minimum atomic E-state index is -0.465. The number of hydrogen-bond acceptors (Lipinski definition) is 26. The molecule has 0 saturated heterocycles. The third-order valence-corrected chi connectivity index (χ3v) is 17.9. The Balaban J connectivity index is 0.000000247. The van der Waals surface area contributed by atoms with Crippen LogP contribution in [0.25, 0.3) is 40.4 Å². The maximum absolute atomic E-state index is 11.7. The summed E-state index contributed by atoms with van der Waals surface area (Å²) in [4.78, 5) is 70.7. The first-order valence-electron chi connectivity index (χ1n) is 33.8. The molecule has 0 bridgehead atoms. The monoisotopic (exact) mass is 1460 g/mol. The topological polar surface area (TPSA) is 331 Å². The average molecular weight is 1460 g/mol. The summed E-state index contributed by atoms with van der Waals surface area (Å²) in [5.74, 6) is 2.32. The number of aromatic nitrogens is 10. The summed E-state index contributed by atoms with van der Waals surface area (Å²) in [6.45, 7) is 45.6. The molecule has 31 heteroatoms. The molecular weight excluding hydrogens is 1370 g/mol. The lowest BCUT2D eigenvalue weighted by molar-refractivity contribution is -0.141. The predicted molar refractivity (Wildman–Crippen MR) is 410 cm³/mol. The molecule has 105 heavy (non-hydrogen) atoms. The molecular formula is C74H84N22O7S2. The number of carbonyl (C=O) groups is 3. The lowest BCUT2D eigenvalue weighted by Crippen LogP contribution is -2.28. The zero-order chi connectivity index (χ0) is 75.3. The van der Waals surface area contributed by atoms with Gasteiger partial charge in [0.05, 0.1) is 60.3 Å². The summed E-state index contributed by atoms with van der Waals surface area (Å²) < 4.78 is 25.7. The zero-order valence-electron chi connectivity index (χ0n) is 60.8. The lowest BCUT2D eigenvalue weighted by atomic mass is 10.1. The summed E-state index contributed by atoms with van der Waals surface area (Å²) in [5, 5.41) is 48.2. The molecule has 0 aliphatic carbocycles. The highest BCUT2D eigenvalue weighted by molar-refractivity contribution is 7.21. The third kappa shape index (κ3) is 20.8. The average Bonchev–Trinajstić information content (AvgIpc) is 1.79. The van der Waals surface area contributed by atoms with Crippen LogP contribution in [0.2, 0.25) is 0 Å². The molecule has 10 rings (SSSR count). The fourth-order valence-corrected chi connectivity index (χ4v) is 12.6. The van der Waals surface area contributed by atoms with E-state index in [-0.39, 0.29) is 67.2 Å². The van der Waals surface area contributed by atoms with Crippen molar-refractivity contribution in [3.05, 3.63) is 177 Å². The van der Waals surface area contributed by atoms with Gasteiger partial charge in [-0.05, 0) is 126 Å². The molecule has 1 amide bonds. The second-order valence-electron chi connectivity index (χ2n) is 24.4. The lowest BCUT2D eigenvalue weighted by Gasteiger charge is -2.17. The van der Waals surface area contributed by atoms with Crippen LogP contribution in [-0.4, -0.2) is 127 Å². The molecule has 1 atom stereocenters. The smallest absolute Gasteiger partial charge is 0.333 e. The van der Waals surface area contributed by atoms with Gasteiger partial charge in [0, 0.05) is 88.1 Å². The number of nitrogens with zero attached hydrogens (tertiary/aromatic N) is 16. The van der Waals surface area contributed by atoms with E-state index in [9.17, 15) is 14.4 Å². The van der Waals surface area contributed by atoms with Crippen LogP contribution in [0.1, 0.15) is 96.7 Å². The molecule has 0 aliphatic heterocycles. The van der Waals surface area contributed by atoms with Crippen LogP contribution in [-0.2, 0) is 59.3 Å². The van der Waals surface area contributed by atoms with Gasteiger partial charge in [-0.25, -0.2) is 53.8 Å². The molecule has 6 heterocycles. The molecule has 29 nitrogen and oxygen atoms in total. The van der Waals surface area contributed by atoms with Crippen LogP contribution in [0.5, 0.6) is 0 Å². The van der Waals surface area contributed by atoms with E-state index in [4.69, 9.17) is 62.0 Å². The van der Waals surface area contributed by atoms with Gasteiger partial charge in [0.1, 0.15) is 18.3 Å². The minimum Gasteiger partial charge on any atom is -0.469 e. The predicted octanol–water partition coefficient (Wildman–Crippen LogP) is 15.8. The van der Waals surface area contributed by atoms with Crippen LogP contribution in [0.4, 0.5) is 69.0 Å². The standard InChI is InChI=1S/C40H47N11O5S.C34H37N11O2S/c1-10-32-45-37(42-13-14-55-15-16-56-39(53)23(2)3)35(38(46-32)47-34-25(5)17-24(4)18-26(34)6)48-49-36-30(41-8)22-51(50-36)40-44-29-12-11-28(20-31(29)57-40)21-43-27(7)19-33(52)54-9;1-8-27-39-32(36-13-10-14-47-7)30(33(40-27)41-29-21(4)15-20(3)16-22(29)5)42-43-31-25(35-6)19-45(44-31)34-38-24-12-11-23(17-26(24)48-34)18-37-28(46)9-2/h11-12,17-18,20,22,27,43H,2,10,13-16,19,21H2,1,3-7,9H3,(H2,42,45,46,47);9,11-12,15-17,19H,2,8,10,13-14,18H2,1,3-5,7H3,(H,37,46)(H2,36,39,40,41). The van der Waals surface area contributed by atoms with E-state index in [0.717, 1.165) is 77.2 Å². The first-order valence-corrected chi connectivity index (χ1v) is 35.4. The largest absolute Gasteiger partial charge is 0.469 e. The van der Waals surface area contributed by atoms with E-state index in [2.05, 4.69) is 117 Å². The number of hydrogen-bond donors (Lipinski definition) is 6. The van der Waals surface area contributed by atoms with Gasteiger partial charge in [-0.2, -0.15) is 10.2 Å². The number of methoxy groups -OCH3 is 2. The number of rotatable bonds is 33. The van der Waals surface area contributed by atoms with Gasteiger partial charge in [-0.15, -0.1) is 20.5 Å². The first-order chi connectivity index (χ1) is 50.6. The highest BCUT2D eigenvalue weighted by Crippen LogP contribution is 2.41. The number of thiazole rings is 2. The zero-order valence-corrected chi connectivity index (χ0v) is 62.4. The highest BCUT2D eigenvalue weighted by atomic mass is 32.1. The molecule has 4 aromatic carbocycles. The molecule has 10 aromatic rings. The molecule has 0 radical (unpaired) electrons. The quantitative estimate of drug-likeness (QED) is 0.00731. The van der Waals surface area contributed by atoms with Gasteiger partial charge in [0.2, 0.25) is 27.8 Å². The molecule has 0 saturated carbocycles. The van der Waals surface area contributed by atoms with E-state index in [1.807, 2.05) is 91.8 Å². The van der Waals surface area contributed by atoms with Crippen LogP contribution in [0.3, 0.4) is 0 Å². The number of fused-ring (bicyclic) bond motifs is 2. The fraction of sp³-hybridized carbons (Fsp3) is 0.338. The molecule has 6 aromatic heterocycles. The Bertz CT molecular complexity index is 4940. The summed E-state index contributed by atoms with van der Waals surface area (Å²) in [6, 6.07) is 20.1. The number of benzene rings is 4. The Morgan fingerprint density at radius 3 is 1.58 bits per heavy atom. The van der Waals surface area contributed by atoms with E-state index >= 15 is 0 Å². The van der Waals surface area contributed by atoms with Crippen molar-refractivity contribution in [2.45, 2.75) is 114 Å². The van der Waals surface area contributed by atoms with Crippen molar-refractivity contribution >= 4 is 130 Å². The molecule has 544 valence electrons. The van der Waals surface area contributed by atoms with Crippen LogP contribution < -0.4 is 31.9 Å². The van der Waals surface area contributed by atoms with Gasteiger partial charge >= 0.3 is 11.9 Å². The van der Waals surface area contributed by atoms with E-state index in [1.54, 1.807) is 26.4 Å². The number of esters is 2. The SMILES string of the molecule is [C-]#[N+]c1cn(-c2nc3ccc(CNC(=O)C=C)cc3s2)nc1N=Nc1c(NCCCOC)nc(CC)nc1Nc1c(C)cc(C)cc1C.[C-]#[N+]c1cn(-c2nc3ccc(CNC(C)CC(=O)OC)cc3s2)nc1N=Nc1c(NCCOCCOC(=O)C(=C)C)nc(CC)nc1Nc1c(C)cc(C)cc1C. The Morgan fingerprint density at radius 2 is 1.12 bits per heavy atom. The van der Waals surface area contributed by atoms with Gasteiger partial charge in [-0.1, -0.05) is 97.2 Å². The summed E-state index contributed by atoms with van der Waals surface area (Å²) in [7, 11) is 3.05. The summed E-state index contributed by atoms with van der Waals surface area (Å²) >= 11 is 2.83. The molecule has 6 N–H and O–H groups in total. The Morgan fingerprint density at radius 1 is 0.638 bits per heavy atom. The summed E-state index contributed by atoms with van der Waals surface area (Å²) in [6.07, 6.45) is 6.61. The molecule has 0 fully saturated rings. The maximum Gasteiger partial charge on any atom is 0.333 e. The number of azo groups is 2. The highest BCUT2D eigenvalue weighted by Gasteiger charge is 2.23. The molecule has 0 spiro atoms. The van der Waals surface area contributed by atoms with Crippen molar-refractivity contribution in [3.8, 4) is 10.3 Å². The second-order valence-corrected chi connectivity index (χ2v) is 26.4. The van der Waals surface area contributed by atoms with Crippen molar-refractivity contribution in [1.29, 1.82) is 0 Å². The normalized spacial score (nSPS) is 11.5. The Labute approximate surface area is 616 Å². The van der Waals surface area contributed by atoms with Crippen LogP contribution in [0, 0.1) is 54.7 Å². The maximum atomic E-state index is 11.7. The minimum absolute atomic E-state index is 0.0509. The second kappa shape index (κ2) is 37.0. The number of ether oxygens (including phenoxy) is 4. The number of carbonyl (C=O) groups excluding carboxylic acids is 3. The van der Waals surface area contributed by atoms with E-state index < -0.39 is 5.97 Å². The Hall–Kier alpha value is -11.6. The number of amides is 1. The molecule has 0 aliphatic rings. The Kier molecular flexibility index (Phi) is 27.3. The van der Waals surface area contributed by atoms with Crippen molar-refractivity contribution < 1.29 is 33.3 Å². The van der Waals surface area contributed by atoms with Gasteiger partial charge < -0.3 is 50.8 Å². The van der Waals surface area contributed by atoms with Crippen LogP contribution in [0.15, 0.2) is 118 Å². The van der Waals surface area contributed by atoms with Crippen molar-refractivity contribution in [3.63, 3.8) is 0 Å². The molecule has 1 unspecified atom stereocenters. The summed E-state index contributed by atoms with van der Waals surface area (Å²) in [5.41, 5.74) is 13.3. The van der Waals surface area contributed by atoms with Crippen molar-refractivity contribution in [2.24, 2.45) is 20.5 Å². The van der Waals surface area contributed by atoms with Crippen molar-refractivity contribution in [1.82, 2.24) is 60.1 Å². The number of aryl methyl sites for hydroxylation is 8. The third-order valence-electron chi connectivity index (χ3n) is 15.9. The number of anilines is 6. The van der Waals surface area contributed by atoms with E-state index in [0.29, 0.717) is 108 Å².